The van der Waals surface area contributed by atoms with Gasteiger partial charge < -0.3 is 0 Å². The highest BCUT2D eigenvalue weighted by atomic mass is 19.4. The van der Waals surface area contributed by atoms with E-state index in [2.05, 4.69) is 16.9 Å². The lowest BCUT2D eigenvalue weighted by atomic mass is 10.1. The zero-order valence-corrected chi connectivity index (χ0v) is 8.57. The highest BCUT2D eigenvalue weighted by Gasteiger charge is 2.30. The molecule has 2 nitrogen and oxygen atoms in total. The Labute approximate surface area is 95.7 Å². The van der Waals surface area contributed by atoms with E-state index < -0.39 is 11.7 Å². The molecule has 5 heteroatoms. The molecule has 0 saturated carbocycles. The van der Waals surface area contributed by atoms with Crippen molar-refractivity contribution in [3.8, 4) is 12.0 Å². The van der Waals surface area contributed by atoms with Crippen molar-refractivity contribution < 1.29 is 13.2 Å². The van der Waals surface area contributed by atoms with Crippen molar-refractivity contribution in [1.29, 1.82) is 0 Å². The molecule has 86 valence electrons. The lowest BCUT2D eigenvalue weighted by Gasteiger charge is -2.05. The summed E-state index contributed by atoms with van der Waals surface area (Å²) in [6.07, 6.45) is 0.286. The molecule has 2 aromatic rings. The Hall–Kier alpha value is -2.22. The summed E-state index contributed by atoms with van der Waals surface area (Å²) in [5.74, 6) is 2.63. The first-order chi connectivity index (χ1) is 8.05. The standard InChI is InChI=1S/C12H7F3N2/c13-12(14,15)11-3-1-2-10(8-11)4-6-17-7-5-16-9-17/h1-3,5,7-9H. The van der Waals surface area contributed by atoms with Crippen LogP contribution >= 0.6 is 0 Å². The second-order valence-corrected chi connectivity index (χ2v) is 3.29. The van der Waals surface area contributed by atoms with Crippen molar-refractivity contribution >= 4 is 0 Å². The topological polar surface area (TPSA) is 17.8 Å². The van der Waals surface area contributed by atoms with Crippen molar-refractivity contribution in [2.24, 2.45) is 0 Å². The average Bonchev–Trinajstić information content (AvgIpc) is 2.78. The molecule has 0 aliphatic rings. The van der Waals surface area contributed by atoms with Gasteiger partial charge in [-0.25, -0.2) is 4.98 Å². The van der Waals surface area contributed by atoms with Crippen LogP contribution in [0.3, 0.4) is 0 Å². The summed E-state index contributed by atoms with van der Waals surface area (Å²) in [4.78, 5) is 3.77. The molecular weight excluding hydrogens is 229 g/mol. The number of nitrogens with zero attached hydrogens (tertiary/aromatic N) is 2. The largest absolute Gasteiger partial charge is 0.416 e. The fourth-order valence-corrected chi connectivity index (χ4v) is 1.23. The molecule has 0 N–H and O–H groups in total. The Morgan fingerprint density at radius 2 is 2.06 bits per heavy atom. The molecule has 0 amide bonds. The van der Waals surface area contributed by atoms with E-state index in [4.69, 9.17) is 0 Å². The molecule has 1 heterocycles. The maximum absolute atomic E-state index is 12.4. The van der Waals surface area contributed by atoms with E-state index in [1.54, 1.807) is 12.4 Å². The van der Waals surface area contributed by atoms with Gasteiger partial charge in [0.1, 0.15) is 6.33 Å². The minimum atomic E-state index is -4.34. The fraction of sp³-hybridized carbons (Fsp3) is 0.0833. The van der Waals surface area contributed by atoms with Crippen molar-refractivity contribution in [3.63, 3.8) is 0 Å². The van der Waals surface area contributed by atoms with Crippen LogP contribution in [0.2, 0.25) is 0 Å². The quantitative estimate of drug-likeness (QED) is 0.643. The second kappa shape index (κ2) is 4.34. The SMILES string of the molecule is FC(F)(F)c1cccc(C#Cn2ccnc2)c1. The van der Waals surface area contributed by atoms with E-state index in [1.165, 1.54) is 23.0 Å². The molecule has 2 rings (SSSR count). The van der Waals surface area contributed by atoms with Gasteiger partial charge in [-0.15, -0.1) is 0 Å². The molecule has 1 aromatic heterocycles. The number of aromatic nitrogens is 2. The number of hydrogen-bond acceptors (Lipinski definition) is 1. The minimum Gasteiger partial charge on any atom is -0.265 e. The molecule has 17 heavy (non-hydrogen) atoms. The number of rotatable bonds is 0. The monoisotopic (exact) mass is 236 g/mol. The first-order valence-corrected chi connectivity index (χ1v) is 4.73. The van der Waals surface area contributed by atoms with Crippen LogP contribution in [-0.2, 0) is 6.18 Å². The van der Waals surface area contributed by atoms with Crippen LogP contribution in [0.25, 0.3) is 0 Å². The normalized spacial score (nSPS) is 10.8. The van der Waals surface area contributed by atoms with Gasteiger partial charge in [-0.2, -0.15) is 13.2 Å². The van der Waals surface area contributed by atoms with Crippen LogP contribution in [0.4, 0.5) is 13.2 Å². The van der Waals surface area contributed by atoms with Gasteiger partial charge in [0.05, 0.1) is 5.56 Å². The molecule has 0 fully saturated rings. The lowest BCUT2D eigenvalue weighted by molar-refractivity contribution is -0.137. The van der Waals surface area contributed by atoms with Gasteiger partial charge in [-0.3, -0.25) is 4.57 Å². The van der Waals surface area contributed by atoms with E-state index in [1.807, 2.05) is 0 Å². The Bertz CT molecular complexity index is 559. The Kier molecular flexibility index (Phi) is 2.88. The lowest BCUT2D eigenvalue weighted by Crippen LogP contribution is -2.04. The predicted molar refractivity (Wildman–Crippen MR) is 55.9 cm³/mol. The van der Waals surface area contributed by atoms with Crippen LogP contribution in [0.15, 0.2) is 43.0 Å². The van der Waals surface area contributed by atoms with Crippen molar-refractivity contribution in [1.82, 2.24) is 9.55 Å². The van der Waals surface area contributed by atoms with Crippen LogP contribution in [0.1, 0.15) is 11.1 Å². The molecule has 0 saturated heterocycles. The number of benzene rings is 1. The Balaban J connectivity index is 2.29. The summed E-state index contributed by atoms with van der Waals surface area (Å²) >= 11 is 0. The first-order valence-electron chi connectivity index (χ1n) is 4.73. The van der Waals surface area contributed by atoms with Crippen LogP contribution in [0.5, 0.6) is 0 Å². The molecule has 0 atom stereocenters. The molecular formula is C12H7F3N2. The van der Waals surface area contributed by atoms with Gasteiger partial charge in [-0.05, 0) is 24.1 Å². The highest BCUT2D eigenvalue weighted by Crippen LogP contribution is 2.29. The highest BCUT2D eigenvalue weighted by molar-refractivity contribution is 5.38. The summed E-state index contributed by atoms with van der Waals surface area (Å²) in [6, 6.07) is 7.55. The number of alkyl halides is 3. The van der Waals surface area contributed by atoms with Gasteiger partial charge in [-0.1, -0.05) is 6.07 Å². The minimum absolute atomic E-state index is 0.313. The van der Waals surface area contributed by atoms with Gasteiger partial charge >= 0.3 is 6.18 Å². The van der Waals surface area contributed by atoms with Crippen molar-refractivity contribution in [2.45, 2.75) is 6.18 Å². The molecule has 0 spiro atoms. The summed E-state index contributed by atoms with van der Waals surface area (Å²) in [5, 5.41) is 0. The maximum atomic E-state index is 12.4. The Morgan fingerprint density at radius 1 is 1.24 bits per heavy atom. The summed E-state index contributed by atoms with van der Waals surface area (Å²) in [7, 11) is 0. The predicted octanol–water partition coefficient (Wildman–Crippen LogP) is 2.76. The van der Waals surface area contributed by atoms with Gasteiger partial charge in [0.2, 0.25) is 0 Å². The van der Waals surface area contributed by atoms with E-state index in [9.17, 15) is 13.2 Å². The summed E-state index contributed by atoms with van der Waals surface area (Å²) in [5.41, 5.74) is -0.386. The number of halogens is 3. The van der Waals surface area contributed by atoms with Crippen LogP contribution in [-0.4, -0.2) is 9.55 Å². The zero-order valence-electron chi connectivity index (χ0n) is 8.57. The zero-order chi connectivity index (χ0) is 12.3. The average molecular weight is 236 g/mol. The van der Waals surface area contributed by atoms with Crippen LogP contribution < -0.4 is 0 Å². The van der Waals surface area contributed by atoms with E-state index in [0.717, 1.165) is 12.1 Å². The number of imidazole rings is 1. The fourth-order valence-electron chi connectivity index (χ4n) is 1.23. The first kappa shape index (κ1) is 11.3. The smallest absolute Gasteiger partial charge is 0.265 e. The van der Waals surface area contributed by atoms with Gasteiger partial charge in [0, 0.05) is 24.0 Å². The van der Waals surface area contributed by atoms with Gasteiger partial charge in [0.15, 0.2) is 0 Å². The van der Waals surface area contributed by atoms with Crippen molar-refractivity contribution in [2.75, 3.05) is 0 Å². The van der Waals surface area contributed by atoms with E-state index >= 15 is 0 Å². The Morgan fingerprint density at radius 3 is 2.71 bits per heavy atom. The third kappa shape index (κ3) is 2.88. The molecule has 0 unspecified atom stereocenters. The molecule has 1 aromatic carbocycles. The van der Waals surface area contributed by atoms with Gasteiger partial charge in [0.25, 0.3) is 0 Å². The van der Waals surface area contributed by atoms with E-state index in [-0.39, 0.29) is 0 Å². The maximum Gasteiger partial charge on any atom is 0.416 e. The summed E-state index contributed by atoms with van der Waals surface area (Å²) in [6.45, 7) is 0. The second-order valence-electron chi connectivity index (χ2n) is 3.29. The molecule has 0 radical (unpaired) electrons. The third-order valence-corrected chi connectivity index (χ3v) is 2.02. The molecule has 0 aliphatic carbocycles. The van der Waals surface area contributed by atoms with Crippen LogP contribution in [0, 0.1) is 12.0 Å². The third-order valence-electron chi connectivity index (χ3n) is 2.02. The number of hydrogen-bond donors (Lipinski definition) is 0. The molecule has 0 bridgehead atoms. The van der Waals surface area contributed by atoms with E-state index in [0.29, 0.717) is 5.56 Å². The summed E-state index contributed by atoms with van der Waals surface area (Å²) < 4.78 is 38.7. The van der Waals surface area contributed by atoms with Crippen molar-refractivity contribution in [3.05, 3.63) is 54.1 Å². The molecule has 0 aliphatic heterocycles.